The minimum absolute atomic E-state index is 0.127. The average Bonchev–Trinajstić information content (AvgIpc) is 2.97. The van der Waals surface area contributed by atoms with Crippen molar-refractivity contribution in [1.29, 1.82) is 0 Å². The second-order valence-electron chi connectivity index (χ2n) is 5.41. The van der Waals surface area contributed by atoms with Crippen molar-refractivity contribution in [1.82, 2.24) is 5.32 Å². The molecule has 1 N–H and O–H groups in total. The fourth-order valence-corrected chi connectivity index (χ4v) is 3.21. The van der Waals surface area contributed by atoms with Crippen LogP contribution < -0.4 is 5.32 Å². The zero-order chi connectivity index (χ0) is 16.4. The van der Waals surface area contributed by atoms with Crippen LogP contribution in [-0.2, 0) is 11.2 Å². The highest BCUT2D eigenvalue weighted by Crippen LogP contribution is 2.34. The maximum absolute atomic E-state index is 12.4. The van der Waals surface area contributed by atoms with E-state index >= 15 is 0 Å². The lowest BCUT2D eigenvalue weighted by atomic mass is 10.0. The fourth-order valence-electron chi connectivity index (χ4n) is 2.99. The molecule has 1 amide bonds. The predicted octanol–water partition coefficient (Wildman–Crippen LogP) is 3.54. The molecule has 0 spiro atoms. The Labute approximate surface area is 139 Å². The van der Waals surface area contributed by atoms with E-state index in [9.17, 15) is 9.59 Å². The monoisotopic (exact) mass is 329 g/mol. The summed E-state index contributed by atoms with van der Waals surface area (Å²) in [7, 11) is 1.37. The average molecular weight is 330 g/mol. The molecule has 3 rings (SSSR count). The third-order valence-corrected chi connectivity index (χ3v) is 4.43. The van der Waals surface area contributed by atoms with E-state index in [-0.39, 0.29) is 17.9 Å². The van der Waals surface area contributed by atoms with Crippen molar-refractivity contribution >= 4 is 23.5 Å². The Hall–Kier alpha value is -2.33. The number of hydrogen-bond acceptors (Lipinski definition) is 3. The van der Waals surface area contributed by atoms with Gasteiger partial charge in [0.2, 0.25) is 0 Å². The number of amides is 1. The maximum atomic E-state index is 12.4. The maximum Gasteiger partial charge on any atom is 0.338 e. The van der Waals surface area contributed by atoms with Gasteiger partial charge < -0.3 is 10.1 Å². The van der Waals surface area contributed by atoms with E-state index in [2.05, 4.69) is 5.32 Å². The summed E-state index contributed by atoms with van der Waals surface area (Å²) in [4.78, 5) is 24.3. The van der Waals surface area contributed by atoms with Crippen LogP contribution in [0.2, 0.25) is 5.02 Å². The number of carbonyl (C=O) groups excluding carboxylic acids is 2. The topological polar surface area (TPSA) is 55.4 Å². The van der Waals surface area contributed by atoms with Gasteiger partial charge in [-0.2, -0.15) is 0 Å². The third kappa shape index (κ3) is 2.94. The van der Waals surface area contributed by atoms with Crippen LogP contribution in [0.15, 0.2) is 42.5 Å². The lowest BCUT2D eigenvalue weighted by Gasteiger charge is -2.15. The first-order chi connectivity index (χ1) is 11.1. The smallest absolute Gasteiger partial charge is 0.338 e. The minimum atomic E-state index is -0.347. The van der Waals surface area contributed by atoms with Crippen LogP contribution in [0.1, 0.15) is 44.3 Å². The molecular weight excluding hydrogens is 314 g/mol. The van der Waals surface area contributed by atoms with Gasteiger partial charge in [-0.25, -0.2) is 4.79 Å². The molecule has 0 aromatic heterocycles. The molecule has 5 heteroatoms. The van der Waals surface area contributed by atoms with Gasteiger partial charge in [0.1, 0.15) is 0 Å². The normalized spacial score (nSPS) is 15.8. The summed E-state index contributed by atoms with van der Waals surface area (Å²) in [5.41, 5.74) is 2.93. The highest BCUT2D eigenvalue weighted by molar-refractivity contribution is 6.33. The van der Waals surface area contributed by atoms with Crippen molar-refractivity contribution in [2.45, 2.75) is 18.9 Å². The van der Waals surface area contributed by atoms with Crippen molar-refractivity contribution in [3.8, 4) is 0 Å². The Balaban J connectivity index is 1.85. The van der Waals surface area contributed by atoms with Crippen molar-refractivity contribution < 1.29 is 14.3 Å². The van der Waals surface area contributed by atoms with Crippen molar-refractivity contribution in [2.24, 2.45) is 0 Å². The molecule has 1 unspecified atom stereocenters. The summed E-state index contributed by atoms with van der Waals surface area (Å²) >= 11 is 6.07. The second kappa shape index (κ2) is 6.42. The Morgan fingerprint density at radius 2 is 1.87 bits per heavy atom. The van der Waals surface area contributed by atoms with Crippen LogP contribution >= 0.6 is 11.6 Å². The van der Waals surface area contributed by atoms with Crippen LogP contribution in [0.4, 0.5) is 0 Å². The van der Waals surface area contributed by atoms with Crippen LogP contribution in [0.5, 0.6) is 0 Å². The summed E-state index contributed by atoms with van der Waals surface area (Å²) < 4.78 is 4.82. The number of methoxy groups -OCH3 is 1. The van der Waals surface area contributed by atoms with Gasteiger partial charge in [0.05, 0.1) is 29.3 Å². The highest BCUT2D eigenvalue weighted by Gasteiger charge is 2.28. The van der Waals surface area contributed by atoms with Gasteiger partial charge in [-0.15, -0.1) is 0 Å². The third-order valence-electron chi connectivity index (χ3n) is 4.10. The summed E-state index contributed by atoms with van der Waals surface area (Å²) in [6.07, 6.45) is 1.48. The lowest BCUT2D eigenvalue weighted by Crippen LogP contribution is -2.27. The van der Waals surface area contributed by atoms with Gasteiger partial charge in [0.25, 0.3) is 5.91 Å². The standard InChI is InChI=1S/C18H16ClNO3/c1-23-18(22)13-7-4-6-12-11(13)9-10-16(12)20-17(21)14-5-2-3-8-15(14)19/h2-8,16H,9-10H2,1H3,(H,20,21). The Bertz CT molecular complexity index is 773. The molecular formula is C18H16ClNO3. The molecule has 23 heavy (non-hydrogen) atoms. The number of hydrogen-bond donors (Lipinski definition) is 1. The highest BCUT2D eigenvalue weighted by atomic mass is 35.5. The molecule has 0 saturated heterocycles. The van der Waals surface area contributed by atoms with Gasteiger partial charge in [0.15, 0.2) is 0 Å². The fraction of sp³-hybridized carbons (Fsp3) is 0.222. The number of halogens is 1. The van der Waals surface area contributed by atoms with Gasteiger partial charge in [0, 0.05) is 0 Å². The summed E-state index contributed by atoms with van der Waals surface area (Å²) in [6.45, 7) is 0. The van der Waals surface area contributed by atoms with Crippen LogP contribution in [0, 0.1) is 0 Å². The number of ether oxygens (including phenoxy) is 1. The Morgan fingerprint density at radius 1 is 1.13 bits per heavy atom. The van der Waals surface area contributed by atoms with Crippen molar-refractivity contribution in [2.75, 3.05) is 7.11 Å². The minimum Gasteiger partial charge on any atom is -0.465 e. The first kappa shape index (κ1) is 15.6. The molecule has 0 heterocycles. The van der Waals surface area contributed by atoms with Gasteiger partial charge in [-0.05, 0) is 42.2 Å². The summed E-state index contributed by atoms with van der Waals surface area (Å²) in [5.74, 6) is -0.558. The van der Waals surface area contributed by atoms with Crippen LogP contribution in [0.3, 0.4) is 0 Å². The molecule has 1 atom stereocenters. The molecule has 0 bridgehead atoms. The number of benzene rings is 2. The zero-order valence-electron chi connectivity index (χ0n) is 12.6. The molecule has 0 aliphatic heterocycles. The van der Waals surface area contributed by atoms with Crippen molar-refractivity contribution in [3.05, 3.63) is 69.7 Å². The number of rotatable bonds is 3. The summed E-state index contributed by atoms with van der Waals surface area (Å²) in [6, 6.07) is 12.3. The van der Waals surface area contributed by atoms with E-state index in [0.717, 1.165) is 24.0 Å². The number of fused-ring (bicyclic) bond motifs is 1. The zero-order valence-corrected chi connectivity index (χ0v) is 13.4. The first-order valence-corrected chi connectivity index (χ1v) is 7.75. The molecule has 2 aromatic carbocycles. The van der Waals surface area contributed by atoms with Crippen LogP contribution in [-0.4, -0.2) is 19.0 Å². The van der Waals surface area contributed by atoms with E-state index in [1.807, 2.05) is 12.1 Å². The van der Waals surface area contributed by atoms with Crippen molar-refractivity contribution in [3.63, 3.8) is 0 Å². The lowest BCUT2D eigenvalue weighted by molar-refractivity contribution is 0.0599. The molecule has 0 fully saturated rings. The van der Waals surface area contributed by atoms with Gasteiger partial charge >= 0.3 is 5.97 Å². The number of carbonyl (C=O) groups is 2. The van der Waals surface area contributed by atoms with Gasteiger partial charge in [-0.3, -0.25) is 4.79 Å². The SMILES string of the molecule is COC(=O)c1cccc2c1CCC2NC(=O)c1ccccc1Cl. The second-order valence-corrected chi connectivity index (χ2v) is 5.82. The van der Waals surface area contributed by atoms with E-state index in [0.29, 0.717) is 16.1 Å². The van der Waals surface area contributed by atoms with E-state index < -0.39 is 0 Å². The number of esters is 1. The predicted molar refractivity (Wildman–Crippen MR) is 87.8 cm³/mol. The van der Waals surface area contributed by atoms with E-state index in [4.69, 9.17) is 16.3 Å². The summed E-state index contributed by atoms with van der Waals surface area (Å²) in [5, 5.41) is 3.42. The molecule has 4 nitrogen and oxygen atoms in total. The quantitative estimate of drug-likeness (QED) is 0.876. The molecule has 1 aliphatic carbocycles. The number of nitrogens with one attached hydrogen (secondary N) is 1. The molecule has 0 radical (unpaired) electrons. The van der Waals surface area contributed by atoms with Gasteiger partial charge in [-0.1, -0.05) is 35.9 Å². The van der Waals surface area contributed by atoms with E-state index in [1.54, 1.807) is 30.3 Å². The van der Waals surface area contributed by atoms with E-state index in [1.165, 1.54) is 7.11 Å². The Kier molecular flexibility index (Phi) is 4.35. The largest absolute Gasteiger partial charge is 0.465 e. The van der Waals surface area contributed by atoms with Crippen LogP contribution in [0.25, 0.3) is 0 Å². The first-order valence-electron chi connectivity index (χ1n) is 7.37. The molecule has 1 aliphatic rings. The molecule has 2 aromatic rings. The molecule has 0 saturated carbocycles. The molecule has 118 valence electrons. The Morgan fingerprint density at radius 3 is 2.61 bits per heavy atom.